The van der Waals surface area contributed by atoms with Crippen LogP contribution in [0.1, 0.15) is 71.4 Å². The SMILES string of the molecule is CC(C)(c1ccc(Oc2ccc(N3CCOCC3)nn2)cc1)c1ccc(O[C@H]2C[C@@H](Nc3ccc4c(c3)C(=O)N(C3CCC(=O)NC3=O)C4=O)C2)cc1. The third-order valence-electron chi connectivity index (χ3n) is 10.5. The van der Waals surface area contributed by atoms with Crippen LogP contribution in [-0.2, 0) is 19.7 Å². The Morgan fingerprint density at radius 2 is 1.49 bits per heavy atom. The van der Waals surface area contributed by atoms with E-state index in [0.717, 1.165) is 59.2 Å². The lowest BCUT2D eigenvalue weighted by Gasteiger charge is -2.36. The third-order valence-corrected chi connectivity index (χ3v) is 10.5. The van der Waals surface area contributed by atoms with Gasteiger partial charge < -0.3 is 24.4 Å². The van der Waals surface area contributed by atoms with E-state index in [9.17, 15) is 19.2 Å². The number of carbonyl (C=O) groups excluding carboxylic acids is 4. The minimum Gasteiger partial charge on any atom is -0.490 e. The van der Waals surface area contributed by atoms with Crippen molar-refractivity contribution < 1.29 is 33.4 Å². The molecule has 1 aliphatic carbocycles. The van der Waals surface area contributed by atoms with E-state index in [1.165, 1.54) is 0 Å². The number of anilines is 2. The summed E-state index contributed by atoms with van der Waals surface area (Å²) in [5.74, 6) is 0.683. The number of fused-ring (bicyclic) bond motifs is 1. The summed E-state index contributed by atoms with van der Waals surface area (Å²) in [6.07, 6.45) is 1.80. The summed E-state index contributed by atoms with van der Waals surface area (Å²) in [5, 5.41) is 14.2. The summed E-state index contributed by atoms with van der Waals surface area (Å²) >= 11 is 0. The van der Waals surface area contributed by atoms with Crippen molar-refractivity contribution in [1.82, 2.24) is 20.4 Å². The number of carbonyl (C=O) groups is 4. The molecular weight excluding hydrogens is 676 g/mol. The highest BCUT2D eigenvalue weighted by Crippen LogP contribution is 2.36. The van der Waals surface area contributed by atoms with Gasteiger partial charge in [0.1, 0.15) is 23.6 Å². The zero-order chi connectivity index (χ0) is 36.7. The molecule has 2 N–H and O–H groups in total. The summed E-state index contributed by atoms with van der Waals surface area (Å²) in [7, 11) is 0. The maximum atomic E-state index is 13.2. The van der Waals surface area contributed by atoms with Crippen LogP contribution in [0.2, 0.25) is 0 Å². The van der Waals surface area contributed by atoms with Crippen LogP contribution >= 0.6 is 0 Å². The van der Waals surface area contributed by atoms with E-state index in [4.69, 9.17) is 14.2 Å². The van der Waals surface area contributed by atoms with Crippen molar-refractivity contribution in [2.45, 2.75) is 63.1 Å². The van der Waals surface area contributed by atoms with Crippen LogP contribution in [0.4, 0.5) is 11.5 Å². The second kappa shape index (κ2) is 14.0. The van der Waals surface area contributed by atoms with Gasteiger partial charge in [0, 0.05) is 55.6 Å². The molecule has 53 heavy (non-hydrogen) atoms. The number of amides is 4. The molecule has 0 radical (unpaired) electrons. The van der Waals surface area contributed by atoms with Crippen molar-refractivity contribution in [3.63, 3.8) is 0 Å². The molecule has 3 aliphatic heterocycles. The summed E-state index contributed by atoms with van der Waals surface area (Å²) in [6.45, 7) is 7.35. The van der Waals surface area contributed by atoms with E-state index < -0.39 is 29.7 Å². The number of imide groups is 2. The quantitative estimate of drug-likeness (QED) is 0.217. The van der Waals surface area contributed by atoms with Gasteiger partial charge >= 0.3 is 0 Å². The average molecular weight is 717 g/mol. The molecule has 4 aliphatic rings. The monoisotopic (exact) mass is 716 g/mol. The number of hydrogen-bond acceptors (Lipinski definition) is 11. The van der Waals surface area contributed by atoms with Gasteiger partial charge in [-0.1, -0.05) is 38.1 Å². The van der Waals surface area contributed by atoms with Gasteiger partial charge in [-0.2, -0.15) is 0 Å². The zero-order valence-electron chi connectivity index (χ0n) is 29.5. The summed E-state index contributed by atoms with van der Waals surface area (Å²) < 4.78 is 17.7. The molecule has 1 unspecified atom stereocenters. The first-order valence-corrected chi connectivity index (χ1v) is 18.0. The molecule has 3 aromatic carbocycles. The molecule has 272 valence electrons. The minimum atomic E-state index is -0.986. The molecule has 1 aromatic heterocycles. The lowest BCUT2D eigenvalue weighted by molar-refractivity contribution is -0.136. The predicted octanol–water partition coefficient (Wildman–Crippen LogP) is 4.85. The van der Waals surface area contributed by atoms with E-state index in [2.05, 4.69) is 63.8 Å². The van der Waals surface area contributed by atoms with Crippen LogP contribution in [0.15, 0.2) is 78.9 Å². The number of nitrogens with zero attached hydrogens (tertiary/aromatic N) is 4. The van der Waals surface area contributed by atoms with Gasteiger partial charge in [0.05, 0.1) is 24.3 Å². The molecular formula is C40H40N6O7. The van der Waals surface area contributed by atoms with E-state index in [1.54, 1.807) is 18.2 Å². The molecule has 0 bridgehead atoms. The fourth-order valence-electron chi connectivity index (χ4n) is 7.27. The lowest BCUT2D eigenvalue weighted by atomic mass is 9.78. The Morgan fingerprint density at radius 1 is 0.811 bits per heavy atom. The molecule has 4 heterocycles. The topological polar surface area (TPSA) is 152 Å². The highest BCUT2D eigenvalue weighted by molar-refractivity contribution is 6.23. The normalized spacial score (nSPS) is 21.5. The smallest absolute Gasteiger partial charge is 0.262 e. The van der Waals surface area contributed by atoms with Crippen molar-refractivity contribution >= 4 is 35.1 Å². The fourth-order valence-corrected chi connectivity index (χ4v) is 7.27. The van der Waals surface area contributed by atoms with Crippen LogP contribution in [0.5, 0.6) is 17.4 Å². The van der Waals surface area contributed by atoms with Gasteiger partial charge in [-0.3, -0.25) is 29.4 Å². The van der Waals surface area contributed by atoms with Crippen molar-refractivity contribution in [3.8, 4) is 17.4 Å². The second-order valence-electron chi connectivity index (χ2n) is 14.4. The Morgan fingerprint density at radius 3 is 2.15 bits per heavy atom. The number of morpholine rings is 1. The van der Waals surface area contributed by atoms with Crippen LogP contribution in [0.25, 0.3) is 0 Å². The first-order chi connectivity index (χ1) is 25.6. The fraction of sp³-hybridized carbons (Fsp3) is 0.350. The van der Waals surface area contributed by atoms with Crippen molar-refractivity contribution in [2.75, 3.05) is 36.5 Å². The Balaban J connectivity index is 0.823. The van der Waals surface area contributed by atoms with Gasteiger partial charge in [0.2, 0.25) is 17.7 Å². The number of rotatable bonds is 10. The van der Waals surface area contributed by atoms with E-state index in [1.807, 2.05) is 36.4 Å². The molecule has 13 heteroatoms. The first kappa shape index (κ1) is 34.3. The molecule has 3 fully saturated rings. The molecule has 4 aromatic rings. The summed E-state index contributed by atoms with van der Waals surface area (Å²) in [4.78, 5) is 53.2. The molecule has 0 spiro atoms. The van der Waals surface area contributed by atoms with Crippen LogP contribution in [-0.4, -0.2) is 83.2 Å². The maximum Gasteiger partial charge on any atom is 0.262 e. The molecule has 2 saturated heterocycles. The number of ether oxygens (including phenoxy) is 3. The molecule has 1 saturated carbocycles. The van der Waals surface area contributed by atoms with E-state index >= 15 is 0 Å². The largest absolute Gasteiger partial charge is 0.490 e. The van der Waals surface area contributed by atoms with Crippen LogP contribution < -0.4 is 25.0 Å². The number of piperidine rings is 1. The van der Waals surface area contributed by atoms with Crippen molar-refractivity contribution in [3.05, 3.63) is 101 Å². The summed E-state index contributed by atoms with van der Waals surface area (Å²) in [6, 6.07) is 24.2. The first-order valence-electron chi connectivity index (χ1n) is 18.0. The number of aromatic nitrogens is 2. The number of benzene rings is 3. The van der Waals surface area contributed by atoms with Crippen molar-refractivity contribution in [2.24, 2.45) is 0 Å². The van der Waals surface area contributed by atoms with Crippen molar-refractivity contribution in [1.29, 1.82) is 0 Å². The Hall–Kier alpha value is -5.82. The van der Waals surface area contributed by atoms with E-state index in [0.29, 0.717) is 24.8 Å². The molecule has 8 rings (SSSR count). The van der Waals surface area contributed by atoms with Gasteiger partial charge in [-0.05, 0) is 66.1 Å². The van der Waals surface area contributed by atoms with Gasteiger partial charge in [-0.25, -0.2) is 0 Å². The predicted molar refractivity (Wildman–Crippen MR) is 194 cm³/mol. The average Bonchev–Trinajstić information content (AvgIpc) is 3.40. The number of nitrogens with one attached hydrogen (secondary N) is 2. The highest BCUT2D eigenvalue weighted by Gasteiger charge is 2.45. The van der Waals surface area contributed by atoms with Gasteiger partial charge in [0.15, 0.2) is 5.82 Å². The maximum absolute atomic E-state index is 13.2. The molecule has 13 nitrogen and oxygen atoms in total. The summed E-state index contributed by atoms with van der Waals surface area (Å²) in [5.41, 5.74) is 3.26. The Labute approximate surface area is 306 Å². The highest BCUT2D eigenvalue weighted by atomic mass is 16.5. The van der Waals surface area contributed by atoms with E-state index in [-0.39, 0.29) is 41.5 Å². The molecule has 1 atom stereocenters. The lowest BCUT2D eigenvalue weighted by Crippen LogP contribution is -2.54. The molecule has 4 amide bonds. The zero-order valence-corrected chi connectivity index (χ0v) is 29.5. The van der Waals surface area contributed by atoms with Gasteiger partial charge in [-0.15, -0.1) is 10.2 Å². The van der Waals surface area contributed by atoms with Crippen LogP contribution in [0.3, 0.4) is 0 Å². The van der Waals surface area contributed by atoms with Crippen LogP contribution in [0, 0.1) is 0 Å². The third kappa shape index (κ3) is 6.91. The minimum absolute atomic E-state index is 0.0415. The number of hydrogen-bond donors (Lipinski definition) is 2. The second-order valence-corrected chi connectivity index (χ2v) is 14.4. The Bertz CT molecular complexity index is 2040. The van der Waals surface area contributed by atoms with Gasteiger partial charge in [0.25, 0.3) is 11.8 Å². The Kier molecular flexibility index (Phi) is 9.03. The standard InChI is InChI=1S/C40H40N6O7/c1-40(2,25-5-10-29(11-6-25)53-36-16-14-34(43-44-36)45-17-19-51-20-18-45)24-3-8-28(9-4-24)52-30-21-27(22-30)41-26-7-12-31-32(23-26)39(50)46(38(31)49)33-13-15-35(47)42-37(33)48/h3-12,14,16,23,27,30,33,41H,13,15,17-22H2,1-2H3,(H,42,47,48)/t27-,30+,33?.